The maximum atomic E-state index is 11.3. The van der Waals surface area contributed by atoms with Crippen LogP contribution in [-0.4, -0.2) is 47.7 Å². The van der Waals surface area contributed by atoms with E-state index in [0.29, 0.717) is 18.0 Å². The van der Waals surface area contributed by atoms with Crippen LogP contribution in [0.3, 0.4) is 0 Å². The number of aliphatic carboxylic acids is 1. The third kappa shape index (κ3) is 4.46. The Morgan fingerprint density at radius 1 is 1.26 bits per heavy atom. The lowest BCUT2D eigenvalue weighted by Gasteiger charge is -2.39. The lowest BCUT2D eigenvalue weighted by molar-refractivity contribution is -0.140. The number of nitrogens with zero attached hydrogens (tertiary/aromatic N) is 1. The molecule has 2 rings (SSSR count). The molecule has 110 valence electrons. The molecule has 0 aromatic heterocycles. The molecular weight excluding hydrogens is 240 g/mol. The van der Waals surface area contributed by atoms with Gasteiger partial charge in [0.25, 0.3) is 0 Å². The SMILES string of the molecule is CC(C)(C)C1CCN(CC(NC2CC2)C(=O)O)CC1. The molecule has 0 amide bonds. The smallest absolute Gasteiger partial charge is 0.322 e. The predicted molar refractivity (Wildman–Crippen MR) is 76.2 cm³/mol. The summed E-state index contributed by atoms with van der Waals surface area (Å²) in [5.74, 6) is 0.0632. The molecule has 0 aromatic carbocycles. The highest BCUT2D eigenvalue weighted by atomic mass is 16.4. The van der Waals surface area contributed by atoms with Gasteiger partial charge in [0.1, 0.15) is 6.04 Å². The molecule has 2 aliphatic rings. The molecule has 1 unspecified atom stereocenters. The van der Waals surface area contributed by atoms with Crippen LogP contribution in [0.1, 0.15) is 46.5 Å². The summed E-state index contributed by atoms with van der Waals surface area (Å²) in [5, 5.41) is 12.5. The van der Waals surface area contributed by atoms with Crippen LogP contribution in [0, 0.1) is 11.3 Å². The lowest BCUT2D eigenvalue weighted by atomic mass is 9.75. The lowest BCUT2D eigenvalue weighted by Crippen LogP contribution is -2.49. The first-order chi connectivity index (χ1) is 8.86. The average Bonchev–Trinajstić information content (AvgIpc) is 3.11. The Balaban J connectivity index is 1.78. The van der Waals surface area contributed by atoms with Crippen LogP contribution in [0.15, 0.2) is 0 Å². The van der Waals surface area contributed by atoms with Gasteiger partial charge in [0.05, 0.1) is 0 Å². The second-order valence-electron chi connectivity index (χ2n) is 7.27. The van der Waals surface area contributed by atoms with Crippen molar-refractivity contribution in [2.24, 2.45) is 11.3 Å². The molecule has 2 fully saturated rings. The number of carboxylic acids is 1. The van der Waals surface area contributed by atoms with Crippen LogP contribution in [0.5, 0.6) is 0 Å². The third-order valence-corrected chi connectivity index (χ3v) is 4.57. The molecule has 1 aliphatic carbocycles. The Morgan fingerprint density at radius 3 is 2.26 bits per heavy atom. The van der Waals surface area contributed by atoms with Gasteiger partial charge in [0.2, 0.25) is 0 Å². The van der Waals surface area contributed by atoms with Gasteiger partial charge in [-0.05, 0) is 50.1 Å². The molecule has 0 bridgehead atoms. The zero-order valence-electron chi connectivity index (χ0n) is 12.5. The summed E-state index contributed by atoms with van der Waals surface area (Å²) in [6.45, 7) is 9.66. The van der Waals surface area contributed by atoms with E-state index in [1.165, 1.54) is 12.8 Å². The van der Waals surface area contributed by atoms with Crippen molar-refractivity contribution in [2.45, 2.75) is 58.5 Å². The third-order valence-electron chi connectivity index (χ3n) is 4.57. The molecule has 4 nitrogen and oxygen atoms in total. The van der Waals surface area contributed by atoms with E-state index in [1.807, 2.05) is 0 Å². The minimum Gasteiger partial charge on any atom is -0.480 e. The van der Waals surface area contributed by atoms with Crippen molar-refractivity contribution in [1.29, 1.82) is 0 Å². The highest BCUT2D eigenvalue weighted by Crippen LogP contribution is 2.34. The number of hydrogen-bond acceptors (Lipinski definition) is 3. The normalized spacial score (nSPS) is 24.4. The zero-order valence-corrected chi connectivity index (χ0v) is 12.5. The van der Waals surface area contributed by atoms with Gasteiger partial charge in [-0.15, -0.1) is 0 Å². The Bertz CT molecular complexity index is 313. The Hall–Kier alpha value is -0.610. The van der Waals surface area contributed by atoms with Gasteiger partial charge in [-0.2, -0.15) is 0 Å². The maximum Gasteiger partial charge on any atom is 0.322 e. The van der Waals surface area contributed by atoms with Gasteiger partial charge >= 0.3 is 5.97 Å². The molecule has 0 aromatic rings. The van der Waals surface area contributed by atoms with Crippen LogP contribution >= 0.6 is 0 Å². The van der Waals surface area contributed by atoms with Gasteiger partial charge in [0.15, 0.2) is 0 Å². The van der Waals surface area contributed by atoms with Crippen molar-refractivity contribution < 1.29 is 9.90 Å². The molecule has 4 heteroatoms. The summed E-state index contributed by atoms with van der Waals surface area (Å²) < 4.78 is 0. The monoisotopic (exact) mass is 268 g/mol. The number of likely N-dealkylation sites (tertiary alicyclic amines) is 1. The predicted octanol–water partition coefficient (Wildman–Crippen LogP) is 1.95. The number of carboxylic acid groups (broad SMARTS) is 1. The van der Waals surface area contributed by atoms with Crippen molar-refractivity contribution >= 4 is 5.97 Å². The molecule has 1 saturated heterocycles. The number of piperidine rings is 1. The van der Waals surface area contributed by atoms with Crippen molar-refractivity contribution in [3.8, 4) is 0 Å². The Labute approximate surface area is 116 Å². The van der Waals surface area contributed by atoms with E-state index in [9.17, 15) is 9.90 Å². The van der Waals surface area contributed by atoms with Crippen molar-refractivity contribution in [2.75, 3.05) is 19.6 Å². The molecule has 19 heavy (non-hydrogen) atoms. The fourth-order valence-corrected chi connectivity index (χ4v) is 2.98. The summed E-state index contributed by atoms with van der Waals surface area (Å²) in [4.78, 5) is 13.6. The standard InChI is InChI=1S/C15H28N2O2/c1-15(2,3)11-6-8-17(9-7-11)10-13(14(18)19)16-12-4-5-12/h11-13,16H,4-10H2,1-3H3,(H,18,19). The van der Waals surface area contributed by atoms with E-state index in [-0.39, 0.29) is 0 Å². The second-order valence-corrected chi connectivity index (χ2v) is 7.27. The van der Waals surface area contributed by atoms with E-state index < -0.39 is 12.0 Å². The summed E-state index contributed by atoms with van der Waals surface area (Å²) in [5.41, 5.74) is 0.380. The van der Waals surface area contributed by atoms with Gasteiger partial charge in [-0.3, -0.25) is 4.79 Å². The molecule has 1 saturated carbocycles. The van der Waals surface area contributed by atoms with E-state index in [2.05, 4.69) is 31.0 Å². The zero-order chi connectivity index (χ0) is 14.0. The summed E-state index contributed by atoms with van der Waals surface area (Å²) in [6.07, 6.45) is 4.66. The molecule has 2 N–H and O–H groups in total. The number of rotatable bonds is 5. The molecule has 0 radical (unpaired) electrons. The molecule has 1 atom stereocenters. The number of carbonyl (C=O) groups is 1. The minimum absolute atomic E-state index is 0.380. The van der Waals surface area contributed by atoms with E-state index in [0.717, 1.165) is 31.8 Å². The van der Waals surface area contributed by atoms with E-state index in [1.54, 1.807) is 0 Å². The average molecular weight is 268 g/mol. The minimum atomic E-state index is -0.704. The topological polar surface area (TPSA) is 52.6 Å². The Morgan fingerprint density at radius 2 is 1.84 bits per heavy atom. The van der Waals surface area contributed by atoms with Crippen LogP contribution in [0.2, 0.25) is 0 Å². The van der Waals surface area contributed by atoms with Gasteiger partial charge in [-0.1, -0.05) is 20.8 Å². The van der Waals surface area contributed by atoms with E-state index in [4.69, 9.17) is 0 Å². The quantitative estimate of drug-likeness (QED) is 0.800. The summed E-state index contributed by atoms with van der Waals surface area (Å²) in [6, 6.07) is 0.0619. The van der Waals surface area contributed by atoms with Crippen LogP contribution in [-0.2, 0) is 4.79 Å². The summed E-state index contributed by atoms with van der Waals surface area (Å²) >= 11 is 0. The maximum absolute atomic E-state index is 11.3. The van der Waals surface area contributed by atoms with Crippen LogP contribution < -0.4 is 5.32 Å². The molecular formula is C15H28N2O2. The largest absolute Gasteiger partial charge is 0.480 e. The van der Waals surface area contributed by atoms with Crippen LogP contribution in [0.4, 0.5) is 0 Å². The first-order valence-electron chi connectivity index (χ1n) is 7.57. The fourth-order valence-electron chi connectivity index (χ4n) is 2.98. The van der Waals surface area contributed by atoms with Crippen LogP contribution in [0.25, 0.3) is 0 Å². The number of hydrogen-bond donors (Lipinski definition) is 2. The van der Waals surface area contributed by atoms with Gasteiger partial charge in [-0.25, -0.2) is 0 Å². The molecule has 0 spiro atoms. The first kappa shape index (κ1) is 14.8. The highest BCUT2D eigenvalue weighted by Gasteiger charge is 2.32. The highest BCUT2D eigenvalue weighted by molar-refractivity contribution is 5.73. The number of nitrogens with one attached hydrogen (secondary N) is 1. The molecule has 1 aliphatic heterocycles. The van der Waals surface area contributed by atoms with E-state index >= 15 is 0 Å². The van der Waals surface area contributed by atoms with Crippen molar-refractivity contribution in [3.63, 3.8) is 0 Å². The second kappa shape index (κ2) is 5.80. The molecule has 1 heterocycles. The van der Waals surface area contributed by atoms with Gasteiger partial charge < -0.3 is 15.3 Å². The van der Waals surface area contributed by atoms with Gasteiger partial charge in [0, 0.05) is 12.6 Å². The van der Waals surface area contributed by atoms with Crippen molar-refractivity contribution in [1.82, 2.24) is 10.2 Å². The summed E-state index contributed by atoms with van der Waals surface area (Å²) in [7, 11) is 0. The first-order valence-corrected chi connectivity index (χ1v) is 7.57. The Kier molecular flexibility index (Phi) is 4.51. The fraction of sp³-hybridized carbons (Fsp3) is 0.933. The van der Waals surface area contributed by atoms with Crippen molar-refractivity contribution in [3.05, 3.63) is 0 Å².